The fourth-order valence-electron chi connectivity index (χ4n) is 5.15. The van der Waals surface area contributed by atoms with Crippen LogP contribution in [0.2, 0.25) is 0 Å². The number of carbonyl (C=O) groups is 2. The third-order valence-electron chi connectivity index (χ3n) is 7.18. The van der Waals surface area contributed by atoms with Crippen LogP contribution in [0.1, 0.15) is 61.3 Å². The molecule has 0 saturated heterocycles. The second kappa shape index (κ2) is 11.0. The molecule has 0 spiro atoms. The van der Waals surface area contributed by atoms with Crippen LogP contribution < -0.4 is 10.6 Å². The average Bonchev–Trinajstić information content (AvgIpc) is 3.09. The van der Waals surface area contributed by atoms with E-state index in [1.165, 1.54) is 24.3 Å². The van der Waals surface area contributed by atoms with Gasteiger partial charge in [0.25, 0.3) is 11.8 Å². The number of fused-ring (bicyclic) bond motifs is 2. The number of nitrogens with zero attached hydrogens (tertiary/aromatic N) is 3. The van der Waals surface area contributed by atoms with Crippen LogP contribution in [0, 0.1) is 35.9 Å². The molecule has 5 rings (SSSR count). The van der Waals surface area contributed by atoms with Gasteiger partial charge in [-0.2, -0.15) is 5.26 Å². The average molecular weight is 526 g/mol. The van der Waals surface area contributed by atoms with Gasteiger partial charge in [-0.15, -0.1) is 0 Å². The molecule has 2 aliphatic carbocycles. The fraction of sp³-hybridized carbons (Fsp3) is 0.233. The number of rotatable bonds is 5. The molecule has 7 nitrogen and oxygen atoms in total. The van der Waals surface area contributed by atoms with E-state index < -0.39 is 17.9 Å². The lowest BCUT2D eigenvalue weighted by Gasteiger charge is -2.31. The van der Waals surface area contributed by atoms with E-state index >= 15 is 0 Å². The number of aryl methyl sites for hydroxylation is 2. The second-order valence-electron chi connectivity index (χ2n) is 9.72. The largest absolute Gasteiger partial charge is 0.347 e. The molecule has 2 aromatic carbocycles. The van der Waals surface area contributed by atoms with Gasteiger partial charge in [-0.25, -0.2) is 18.7 Å². The van der Waals surface area contributed by atoms with Gasteiger partial charge in [0.1, 0.15) is 29.4 Å². The monoisotopic (exact) mass is 525 g/mol. The molecule has 196 valence electrons. The van der Waals surface area contributed by atoms with Crippen LogP contribution in [0.4, 0.5) is 8.78 Å². The van der Waals surface area contributed by atoms with Gasteiger partial charge in [0.05, 0.1) is 17.7 Å². The van der Waals surface area contributed by atoms with Crippen molar-refractivity contribution in [3.63, 3.8) is 0 Å². The van der Waals surface area contributed by atoms with E-state index in [9.17, 15) is 23.6 Å². The number of hydrogen-bond donors (Lipinski definition) is 2. The van der Waals surface area contributed by atoms with E-state index in [1.807, 2.05) is 12.1 Å². The van der Waals surface area contributed by atoms with Crippen molar-refractivity contribution in [2.45, 2.75) is 32.4 Å². The molecule has 0 aliphatic heterocycles. The summed E-state index contributed by atoms with van der Waals surface area (Å²) in [4.78, 5) is 34.2. The third-order valence-corrected chi connectivity index (χ3v) is 7.18. The van der Waals surface area contributed by atoms with Crippen LogP contribution in [0.5, 0.6) is 0 Å². The van der Waals surface area contributed by atoms with Crippen LogP contribution in [0.3, 0.4) is 0 Å². The smallest absolute Gasteiger partial charge is 0.270 e. The summed E-state index contributed by atoms with van der Waals surface area (Å²) in [5.74, 6) is -2.09. The first-order valence-electron chi connectivity index (χ1n) is 12.6. The summed E-state index contributed by atoms with van der Waals surface area (Å²) in [6.07, 6.45) is 7.36. The molecule has 3 aromatic rings. The lowest BCUT2D eigenvalue weighted by Crippen LogP contribution is -2.36. The van der Waals surface area contributed by atoms with Crippen molar-refractivity contribution >= 4 is 11.8 Å². The van der Waals surface area contributed by atoms with Gasteiger partial charge >= 0.3 is 0 Å². The molecule has 3 unspecified atom stereocenters. The Bertz CT molecular complexity index is 1560. The van der Waals surface area contributed by atoms with Gasteiger partial charge in [0, 0.05) is 18.5 Å². The Hall–Kier alpha value is -4.71. The molecule has 9 heteroatoms. The number of benzene rings is 2. The van der Waals surface area contributed by atoms with E-state index in [0.717, 1.165) is 29.4 Å². The number of allylic oxidation sites excluding steroid dienone is 3. The van der Waals surface area contributed by atoms with Crippen molar-refractivity contribution in [2.24, 2.45) is 11.8 Å². The first-order valence-corrected chi connectivity index (χ1v) is 12.6. The van der Waals surface area contributed by atoms with E-state index in [2.05, 4.69) is 26.7 Å². The van der Waals surface area contributed by atoms with Crippen LogP contribution in [0.25, 0.3) is 0 Å². The van der Waals surface area contributed by atoms with Crippen LogP contribution in [0.15, 0.2) is 72.8 Å². The van der Waals surface area contributed by atoms with E-state index in [-0.39, 0.29) is 41.4 Å². The lowest BCUT2D eigenvalue weighted by atomic mass is 9.80. The van der Waals surface area contributed by atoms with Crippen molar-refractivity contribution < 1.29 is 18.4 Å². The van der Waals surface area contributed by atoms with Crippen molar-refractivity contribution in [1.82, 2.24) is 20.6 Å². The summed E-state index contributed by atoms with van der Waals surface area (Å²) in [5.41, 5.74) is 3.43. The molecule has 2 N–H and O–H groups in total. The highest BCUT2D eigenvalue weighted by molar-refractivity contribution is 5.97. The van der Waals surface area contributed by atoms with E-state index in [0.29, 0.717) is 17.5 Å². The van der Waals surface area contributed by atoms with Gasteiger partial charge in [-0.05, 0) is 78.3 Å². The predicted octanol–water partition coefficient (Wildman–Crippen LogP) is 4.80. The Labute approximate surface area is 224 Å². The number of hydrogen-bond acceptors (Lipinski definition) is 5. The first kappa shape index (κ1) is 25.9. The predicted molar refractivity (Wildman–Crippen MR) is 139 cm³/mol. The number of halogens is 2. The highest BCUT2D eigenvalue weighted by Crippen LogP contribution is 2.41. The molecule has 0 bridgehead atoms. The molecule has 0 fully saturated rings. The molecule has 1 heterocycles. The summed E-state index contributed by atoms with van der Waals surface area (Å²) in [6.45, 7) is 1.80. The molecular weight excluding hydrogens is 500 g/mol. The molecule has 3 atom stereocenters. The van der Waals surface area contributed by atoms with Crippen LogP contribution in [-0.4, -0.2) is 21.8 Å². The zero-order valence-electron chi connectivity index (χ0n) is 21.1. The maximum Gasteiger partial charge on any atom is 0.270 e. The Morgan fingerprint density at radius 2 is 1.87 bits per heavy atom. The normalized spacial score (nSPS) is 19.5. The highest BCUT2D eigenvalue weighted by atomic mass is 19.1. The Kier molecular flexibility index (Phi) is 7.28. The summed E-state index contributed by atoms with van der Waals surface area (Å²) in [6, 6.07) is 12.7. The molecule has 39 heavy (non-hydrogen) atoms. The zero-order valence-corrected chi connectivity index (χ0v) is 21.1. The van der Waals surface area contributed by atoms with Crippen molar-refractivity contribution in [3.8, 4) is 6.07 Å². The minimum Gasteiger partial charge on any atom is -0.347 e. The molecule has 2 amide bonds. The molecule has 0 saturated carbocycles. The van der Waals surface area contributed by atoms with Gasteiger partial charge < -0.3 is 10.6 Å². The maximum atomic E-state index is 14.3. The zero-order chi connectivity index (χ0) is 27.5. The Morgan fingerprint density at radius 3 is 2.64 bits per heavy atom. The third kappa shape index (κ3) is 5.60. The summed E-state index contributed by atoms with van der Waals surface area (Å²) in [7, 11) is 0. The van der Waals surface area contributed by atoms with Crippen LogP contribution in [-0.2, 0) is 13.0 Å². The molecule has 0 radical (unpaired) electrons. The number of amides is 2. The SMILES string of the molecule is Cc1cc(CNC(=O)c2cc(C(=O)NC3c4ccc(C#N)cc4CCC4C=CC(F)=CC43)ncn2)ccc1F. The highest BCUT2D eigenvalue weighted by Gasteiger charge is 2.35. The quantitative estimate of drug-likeness (QED) is 0.498. The number of aromatic nitrogens is 2. The lowest BCUT2D eigenvalue weighted by molar-refractivity contribution is 0.0916. The second-order valence-corrected chi connectivity index (χ2v) is 9.72. The minimum absolute atomic E-state index is 0.00155. The topological polar surface area (TPSA) is 108 Å². The van der Waals surface area contributed by atoms with Crippen LogP contribution >= 0.6 is 0 Å². The number of carbonyl (C=O) groups excluding carboxylic acids is 2. The van der Waals surface area contributed by atoms with Crippen molar-refractivity contribution in [3.05, 3.63) is 118 Å². The van der Waals surface area contributed by atoms with Crippen molar-refractivity contribution in [1.29, 1.82) is 5.26 Å². The number of nitriles is 1. The van der Waals surface area contributed by atoms with Gasteiger partial charge in [0.15, 0.2) is 0 Å². The molecular formula is C30H25F2N5O2. The summed E-state index contributed by atoms with van der Waals surface area (Å²) < 4.78 is 27.8. The first-order chi connectivity index (χ1) is 18.8. The van der Waals surface area contributed by atoms with E-state index in [4.69, 9.17) is 0 Å². The van der Waals surface area contributed by atoms with E-state index in [1.54, 1.807) is 31.2 Å². The maximum absolute atomic E-state index is 14.3. The van der Waals surface area contributed by atoms with Gasteiger partial charge in [0.2, 0.25) is 0 Å². The summed E-state index contributed by atoms with van der Waals surface area (Å²) in [5, 5.41) is 15.1. The number of nitrogens with one attached hydrogen (secondary N) is 2. The van der Waals surface area contributed by atoms with Gasteiger partial charge in [-0.3, -0.25) is 9.59 Å². The van der Waals surface area contributed by atoms with Gasteiger partial charge in [-0.1, -0.05) is 24.3 Å². The van der Waals surface area contributed by atoms with Crippen molar-refractivity contribution in [2.75, 3.05) is 0 Å². The standard InChI is InChI=1S/C30H25F2N5O2/c1-17-10-19(3-9-25(17)32)15-34-29(38)26-13-27(36-16-35-26)30(39)37-28-23-8-2-18(14-33)11-21(23)5-4-20-6-7-22(31)12-24(20)28/h2-3,6-13,16,20,24,28H,4-5,15H2,1H3,(H,34,38)(H,37,39). The molecule has 2 aliphatic rings. The Morgan fingerprint density at radius 1 is 1.08 bits per heavy atom. The fourth-order valence-corrected chi connectivity index (χ4v) is 5.15. The summed E-state index contributed by atoms with van der Waals surface area (Å²) >= 11 is 0. The Balaban J connectivity index is 1.37. The molecule has 1 aromatic heterocycles. The minimum atomic E-state index is -0.572.